The van der Waals surface area contributed by atoms with Crippen LogP contribution in [0.4, 0.5) is 10.5 Å². The molecular formula is C23H28N2O4. The van der Waals surface area contributed by atoms with Crippen LogP contribution in [0.25, 0.3) is 0 Å². The molecule has 1 saturated heterocycles. The van der Waals surface area contributed by atoms with Crippen molar-refractivity contribution >= 4 is 17.7 Å². The van der Waals surface area contributed by atoms with E-state index < -0.39 is 11.6 Å². The summed E-state index contributed by atoms with van der Waals surface area (Å²) in [6.07, 6.45) is 0.437. The van der Waals surface area contributed by atoms with E-state index in [4.69, 9.17) is 4.74 Å². The van der Waals surface area contributed by atoms with Crippen LogP contribution < -0.4 is 4.90 Å². The number of hydrogen-bond acceptors (Lipinski definition) is 4. The normalized spacial score (nSPS) is 17.1. The zero-order valence-corrected chi connectivity index (χ0v) is 17.2. The van der Waals surface area contributed by atoms with Crippen LogP contribution in [0.5, 0.6) is 0 Å². The number of hydrogen-bond donors (Lipinski definition) is 1. The fourth-order valence-electron chi connectivity index (χ4n) is 3.57. The van der Waals surface area contributed by atoms with Gasteiger partial charge in [-0.05, 0) is 51.0 Å². The Labute approximate surface area is 171 Å². The van der Waals surface area contributed by atoms with Crippen LogP contribution in [-0.4, -0.2) is 53.3 Å². The Kier molecular flexibility index (Phi) is 6.11. The lowest BCUT2D eigenvalue weighted by Gasteiger charge is -2.43. The lowest BCUT2D eigenvalue weighted by Crippen LogP contribution is -2.56. The molecule has 1 aliphatic rings. The molecule has 2 aromatic rings. The number of amides is 1. The molecule has 0 aromatic heterocycles. The molecule has 0 spiro atoms. The van der Waals surface area contributed by atoms with Crippen LogP contribution >= 0.6 is 0 Å². The molecule has 1 amide bonds. The zero-order valence-electron chi connectivity index (χ0n) is 17.2. The molecule has 0 aliphatic carbocycles. The number of anilines is 1. The van der Waals surface area contributed by atoms with Crippen molar-refractivity contribution in [3.8, 4) is 0 Å². The Balaban J connectivity index is 1.84. The first-order chi connectivity index (χ1) is 13.7. The molecule has 6 nitrogen and oxygen atoms in total. The molecule has 3 rings (SSSR count). The number of carbonyl (C=O) groups is 2. The van der Waals surface area contributed by atoms with Crippen LogP contribution in [-0.2, 0) is 11.2 Å². The number of benzene rings is 2. The third-order valence-corrected chi connectivity index (χ3v) is 4.87. The largest absolute Gasteiger partial charge is 0.478 e. The summed E-state index contributed by atoms with van der Waals surface area (Å²) in [7, 11) is 0. The molecule has 1 N–H and O–H groups in total. The fraction of sp³-hybridized carbons (Fsp3) is 0.391. The molecule has 6 heteroatoms. The van der Waals surface area contributed by atoms with Crippen molar-refractivity contribution in [2.45, 2.75) is 38.8 Å². The van der Waals surface area contributed by atoms with Gasteiger partial charge in [0.2, 0.25) is 0 Å². The molecule has 0 bridgehead atoms. The second-order valence-electron chi connectivity index (χ2n) is 8.32. The fourth-order valence-corrected chi connectivity index (χ4v) is 3.57. The molecule has 1 unspecified atom stereocenters. The van der Waals surface area contributed by atoms with Gasteiger partial charge in [0.15, 0.2) is 0 Å². The SMILES string of the molecule is CC(C)(C)OC(=O)N1CCN(c2cccc(C(=O)O)c2)C(Cc2ccccc2)C1. The minimum Gasteiger partial charge on any atom is -0.478 e. The van der Waals surface area contributed by atoms with Crippen molar-refractivity contribution in [1.29, 1.82) is 0 Å². The first-order valence-electron chi connectivity index (χ1n) is 9.85. The second kappa shape index (κ2) is 8.55. The van der Waals surface area contributed by atoms with Gasteiger partial charge in [-0.15, -0.1) is 0 Å². The van der Waals surface area contributed by atoms with Crippen molar-refractivity contribution in [3.05, 3.63) is 65.7 Å². The predicted molar refractivity (Wildman–Crippen MR) is 112 cm³/mol. The van der Waals surface area contributed by atoms with Gasteiger partial charge in [-0.25, -0.2) is 9.59 Å². The van der Waals surface area contributed by atoms with E-state index in [1.54, 1.807) is 23.1 Å². The van der Waals surface area contributed by atoms with E-state index in [1.165, 1.54) is 5.56 Å². The summed E-state index contributed by atoms with van der Waals surface area (Å²) in [6.45, 7) is 7.23. The van der Waals surface area contributed by atoms with Crippen molar-refractivity contribution in [3.63, 3.8) is 0 Å². The Bertz CT molecular complexity index is 861. The van der Waals surface area contributed by atoms with Crippen LogP contribution in [0, 0.1) is 0 Å². The number of carbonyl (C=O) groups excluding carboxylic acids is 1. The van der Waals surface area contributed by atoms with Crippen molar-refractivity contribution < 1.29 is 19.4 Å². The number of aromatic carboxylic acids is 1. The van der Waals surface area contributed by atoms with E-state index in [9.17, 15) is 14.7 Å². The highest BCUT2D eigenvalue weighted by Crippen LogP contribution is 2.25. The minimum absolute atomic E-state index is 0.0164. The Hall–Kier alpha value is -3.02. The molecule has 29 heavy (non-hydrogen) atoms. The molecule has 1 aliphatic heterocycles. The van der Waals surface area contributed by atoms with Crippen LogP contribution in [0.3, 0.4) is 0 Å². The van der Waals surface area contributed by atoms with Crippen molar-refractivity contribution in [2.75, 3.05) is 24.5 Å². The van der Waals surface area contributed by atoms with Gasteiger partial charge in [-0.1, -0.05) is 36.4 Å². The molecule has 0 saturated carbocycles. The summed E-state index contributed by atoms with van der Waals surface area (Å²) in [5.74, 6) is -0.946. The smallest absolute Gasteiger partial charge is 0.410 e. The van der Waals surface area contributed by atoms with Gasteiger partial charge in [0.05, 0.1) is 11.6 Å². The topological polar surface area (TPSA) is 70.1 Å². The van der Waals surface area contributed by atoms with Gasteiger partial charge < -0.3 is 19.6 Å². The summed E-state index contributed by atoms with van der Waals surface area (Å²) in [5, 5.41) is 9.34. The first kappa shape index (κ1) is 20.7. The maximum Gasteiger partial charge on any atom is 0.410 e. The lowest BCUT2D eigenvalue weighted by atomic mass is 10.0. The highest BCUT2D eigenvalue weighted by atomic mass is 16.6. The van der Waals surface area contributed by atoms with Gasteiger partial charge in [0, 0.05) is 25.3 Å². The Morgan fingerprint density at radius 3 is 2.45 bits per heavy atom. The van der Waals surface area contributed by atoms with Crippen LogP contribution in [0.1, 0.15) is 36.7 Å². The summed E-state index contributed by atoms with van der Waals surface area (Å²) in [6, 6.07) is 17.1. The third kappa shape index (κ3) is 5.50. The van der Waals surface area contributed by atoms with Crippen molar-refractivity contribution in [2.24, 2.45) is 0 Å². The molecule has 2 aromatic carbocycles. The molecule has 1 fully saturated rings. The highest BCUT2D eigenvalue weighted by molar-refractivity contribution is 5.88. The van der Waals surface area contributed by atoms with Gasteiger partial charge in [-0.2, -0.15) is 0 Å². The molecule has 154 valence electrons. The molecular weight excluding hydrogens is 368 g/mol. The predicted octanol–water partition coefficient (Wildman–Crippen LogP) is 4.05. The van der Waals surface area contributed by atoms with E-state index in [0.29, 0.717) is 19.6 Å². The van der Waals surface area contributed by atoms with Gasteiger partial charge in [0.1, 0.15) is 5.60 Å². The summed E-state index contributed by atoms with van der Waals surface area (Å²) >= 11 is 0. The van der Waals surface area contributed by atoms with E-state index in [1.807, 2.05) is 45.0 Å². The van der Waals surface area contributed by atoms with E-state index >= 15 is 0 Å². The van der Waals surface area contributed by atoms with E-state index in [2.05, 4.69) is 17.0 Å². The zero-order chi connectivity index (χ0) is 21.0. The number of nitrogens with zero attached hydrogens (tertiary/aromatic N) is 2. The lowest BCUT2D eigenvalue weighted by molar-refractivity contribution is 0.0214. The maximum absolute atomic E-state index is 12.6. The quantitative estimate of drug-likeness (QED) is 0.844. The average molecular weight is 396 g/mol. The average Bonchev–Trinajstić information content (AvgIpc) is 2.67. The van der Waals surface area contributed by atoms with Gasteiger partial charge in [-0.3, -0.25) is 0 Å². The monoisotopic (exact) mass is 396 g/mol. The standard InChI is InChI=1S/C23H28N2O4/c1-23(2,3)29-22(28)24-12-13-25(19-11-7-10-18(15-19)21(26)27)20(16-24)14-17-8-5-4-6-9-17/h4-11,15,20H,12-14,16H2,1-3H3,(H,26,27). The van der Waals surface area contributed by atoms with E-state index in [0.717, 1.165) is 12.1 Å². The summed E-state index contributed by atoms with van der Waals surface area (Å²) in [4.78, 5) is 27.9. The summed E-state index contributed by atoms with van der Waals surface area (Å²) < 4.78 is 5.56. The summed E-state index contributed by atoms with van der Waals surface area (Å²) in [5.41, 5.74) is 1.74. The number of carboxylic acids is 1. The maximum atomic E-state index is 12.6. The highest BCUT2D eigenvalue weighted by Gasteiger charge is 2.32. The molecule has 1 atom stereocenters. The number of rotatable bonds is 4. The number of carboxylic acid groups (broad SMARTS) is 1. The molecule has 1 heterocycles. The Morgan fingerprint density at radius 1 is 1.07 bits per heavy atom. The van der Waals surface area contributed by atoms with Crippen LogP contribution in [0.15, 0.2) is 54.6 Å². The number of piperazine rings is 1. The first-order valence-corrected chi connectivity index (χ1v) is 9.85. The third-order valence-electron chi connectivity index (χ3n) is 4.87. The van der Waals surface area contributed by atoms with Gasteiger partial charge in [0.25, 0.3) is 0 Å². The van der Waals surface area contributed by atoms with Crippen LogP contribution in [0.2, 0.25) is 0 Å². The van der Waals surface area contributed by atoms with Gasteiger partial charge >= 0.3 is 12.1 Å². The Morgan fingerprint density at radius 2 is 1.79 bits per heavy atom. The van der Waals surface area contributed by atoms with Crippen molar-refractivity contribution in [1.82, 2.24) is 4.90 Å². The second-order valence-corrected chi connectivity index (χ2v) is 8.32. The molecule has 0 radical (unpaired) electrons. The minimum atomic E-state index is -0.946. The number of ether oxygens (including phenoxy) is 1. The van der Waals surface area contributed by atoms with E-state index in [-0.39, 0.29) is 17.7 Å².